The minimum atomic E-state index is -0.447. The van der Waals surface area contributed by atoms with Gasteiger partial charge in [-0.2, -0.15) is 0 Å². The fraction of sp³-hybridized carbons (Fsp3) is 0.455. The fourth-order valence-corrected chi connectivity index (χ4v) is 3.41. The van der Waals surface area contributed by atoms with Crippen LogP contribution < -0.4 is 9.47 Å². The third-order valence-electron chi connectivity index (χ3n) is 5.38. The molecule has 1 aromatic carbocycles. The minimum absolute atomic E-state index is 0.0821. The topological polar surface area (TPSA) is 80.9 Å². The van der Waals surface area contributed by atoms with Gasteiger partial charge in [-0.3, -0.25) is 9.69 Å². The van der Waals surface area contributed by atoms with E-state index in [-0.39, 0.29) is 5.78 Å². The van der Waals surface area contributed by atoms with Crippen LogP contribution >= 0.6 is 0 Å². The molecular weight excluding hydrogens is 372 g/mol. The van der Waals surface area contributed by atoms with Gasteiger partial charge in [-0.15, -0.1) is 0 Å². The highest BCUT2D eigenvalue weighted by molar-refractivity contribution is 6.03. The number of H-pyrrole nitrogens is 1. The van der Waals surface area contributed by atoms with Gasteiger partial charge in [0.05, 0.1) is 38.6 Å². The number of esters is 1. The Morgan fingerprint density at radius 3 is 2.21 bits per heavy atom. The third-order valence-corrected chi connectivity index (χ3v) is 5.38. The molecule has 0 amide bonds. The van der Waals surface area contributed by atoms with Crippen molar-refractivity contribution in [1.29, 1.82) is 0 Å². The van der Waals surface area contributed by atoms with Gasteiger partial charge < -0.3 is 19.2 Å². The van der Waals surface area contributed by atoms with Gasteiger partial charge in [-0.25, -0.2) is 4.79 Å². The molecule has 2 rings (SSSR count). The number of ether oxygens (including phenoxy) is 3. The molecule has 0 radical (unpaired) electrons. The molecule has 0 aliphatic heterocycles. The summed E-state index contributed by atoms with van der Waals surface area (Å²) < 4.78 is 15.6. The first-order valence-electron chi connectivity index (χ1n) is 9.39. The van der Waals surface area contributed by atoms with E-state index < -0.39 is 12.0 Å². The average molecular weight is 402 g/mol. The van der Waals surface area contributed by atoms with Crippen LogP contribution in [0.15, 0.2) is 12.1 Å². The average Bonchev–Trinajstić information content (AvgIpc) is 3.01. The lowest BCUT2D eigenvalue weighted by molar-refractivity contribution is 0.0599. The Morgan fingerprint density at radius 2 is 1.66 bits per heavy atom. The Balaban J connectivity index is 2.26. The molecule has 0 saturated heterocycles. The second-order valence-corrected chi connectivity index (χ2v) is 7.21. The molecule has 29 heavy (non-hydrogen) atoms. The molecule has 0 aliphatic rings. The van der Waals surface area contributed by atoms with Crippen LogP contribution in [0.5, 0.6) is 11.5 Å². The molecular formula is C22H30N2O5. The summed E-state index contributed by atoms with van der Waals surface area (Å²) >= 11 is 0. The first-order valence-corrected chi connectivity index (χ1v) is 9.39. The number of likely N-dealkylation sites (N-methyl/N-ethyl adjacent to an activating group) is 1. The number of benzene rings is 1. The summed E-state index contributed by atoms with van der Waals surface area (Å²) in [7, 11) is 6.43. The van der Waals surface area contributed by atoms with Crippen LogP contribution in [-0.4, -0.2) is 56.1 Å². The van der Waals surface area contributed by atoms with Crippen LogP contribution in [0.25, 0.3) is 0 Å². The van der Waals surface area contributed by atoms with Crippen molar-refractivity contribution >= 4 is 11.8 Å². The van der Waals surface area contributed by atoms with Crippen LogP contribution in [0, 0.1) is 20.8 Å². The van der Waals surface area contributed by atoms with Crippen molar-refractivity contribution in [3.63, 3.8) is 0 Å². The number of carbonyl (C=O) groups excluding carboxylic acids is 2. The van der Waals surface area contributed by atoms with Gasteiger partial charge in [0.25, 0.3) is 0 Å². The van der Waals surface area contributed by atoms with Crippen molar-refractivity contribution in [3.05, 3.63) is 45.8 Å². The molecule has 158 valence electrons. The summed E-state index contributed by atoms with van der Waals surface area (Å²) in [6, 6.07) is 3.46. The number of ketones is 1. The SMILES string of the molecule is COC(=O)c1c(C)[nH]c(C(=O)[C@H](C)N(C)Cc2cc(OC)c(OC)cc2C)c1C. The van der Waals surface area contributed by atoms with E-state index in [1.165, 1.54) is 7.11 Å². The van der Waals surface area contributed by atoms with Gasteiger partial charge in [0, 0.05) is 12.2 Å². The number of aryl methyl sites for hydroxylation is 2. The molecule has 1 aromatic heterocycles. The summed E-state index contributed by atoms with van der Waals surface area (Å²) in [4.78, 5) is 30.1. The van der Waals surface area contributed by atoms with Crippen molar-refractivity contribution < 1.29 is 23.8 Å². The number of Topliss-reactive ketones (excluding diaryl/α,β-unsaturated/α-hetero) is 1. The van der Waals surface area contributed by atoms with Crippen LogP contribution in [0.1, 0.15) is 50.2 Å². The molecule has 7 heteroatoms. The number of nitrogens with zero attached hydrogens (tertiary/aromatic N) is 1. The monoisotopic (exact) mass is 402 g/mol. The first kappa shape index (κ1) is 22.5. The Morgan fingerprint density at radius 1 is 1.07 bits per heavy atom. The van der Waals surface area contributed by atoms with Crippen molar-refractivity contribution in [3.8, 4) is 11.5 Å². The number of rotatable bonds is 8. The van der Waals surface area contributed by atoms with Crippen molar-refractivity contribution in [2.45, 2.75) is 40.3 Å². The quantitative estimate of drug-likeness (QED) is 0.538. The van der Waals surface area contributed by atoms with Crippen molar-refractivity contribution in [2.75, 3.05) is 28.4 Å². The normalized spacial score (nSPS) is 12.0. The molecule has 0 fully saturated rings. The Kier molecular flexibility index (Phi) is 7.08. The first-order chi connectivity index (χ1) is 13.7. The van der Waals surface area contributed by atoms with Crippen molar-refractivity contribution in [2.24, 2.45) is 0 Å². The van der Waals surface area contributed by atoms with Gasteiger partial charge >= 0.3 is 5.97 Å². The number of hydrogen-bond acceptors (Lipinski definition) is 6. The molecule has 1 N–H and O–H groups in total. The number of aromatic amines is 1. The predicted molar refractivity (Wildman–Crippen MR) is 111 cm³/mol. The smallest absolute Gasteiger partial charge is 0.339 e. The Bertz CT molecular complexity index is 916. The molecule has 1 atom stereocenters. The van der Waals surface area contributed by atoms with Crippen LogP contribution in [0.3, 0.4) is 0 Å². The lowest BCUT2D eigenvalue weighted by Gasteiger charge is -2.25. The van der Waals surface area contributed by atoms with E-state index in [4.69, 9.17) is 14.2 Å². The van der Waals surface area contributed by atoms with Crippen LogP contribution in [0.4, 0.5) is 0 Å². The summed E-state index contributed by atoms with van der Waals surface area (Å²) in [5, 5.41) is 0. The molecule has 0 aliphatic carbocycles. The zero-order valence-corrected chi connectivity index (χ0v) is 18.4. The standard InChI is InChI=1S/C22H30N2O5/c1-12-9-17(27-6)18(28-7)10-16(12)11-24(5)15(4)21(25)20-13(2)19(14(3)23-20)22(26)29-8/h9-10,15,23H,11H2,1-8H3/t15-/m0/s1. The van der Waals surface area contributed by atoms with E-state index in [0.717, 1.165) is 11.1 Å². The summed E-state index contributed by atoms with van der Waals surface area (Å²) in [5.41, 5.74) is 4.19. The van der Waals surface area contributed by atoms with E-state index in [0.29, 0.717) is 40.6 Å². The number of methoxy groups -OCH3 is 3. The number of carbonyl (C=O) groups is 2. The van der Waals surface area contributed by atoms with E-state index >= 15 is 0 Å². The molecule has 7 nitrogen and oxygen atoms in total. The third kappa shape index (κ3) is 4.45. The molecule has 0 bridgehead atoms. The van der Waals surface area contributed by atoms with E-state index in [9.17, 15) is 9.59 Å². The van der Waals surface area contributed by atoms with Crippen LogP contribution in [-0.2, 0) is 11.3 Å². The second kappa shape index (κ2) is 9.13. The van der Waals surface area contributed by atoms with Gasteiger partial charge in [0.15, 0.2) is 17.3 Å². The van der Waals surface area contributed by atoms with Gasteiger partial charge in [0.2, 0.25) is 0 Å². The number of aromatic nitrogens is 1. The maximum Gasteiger partial charge on any atom is 0.339 e. The molecule has 0 unspecified atom stereocenters. The fourth-order valence-electron chi connectivity index (χ4n) is 3.41. The maximum atomic E-state index is 13.1. The lowest BCUT2D eigenvalue weighted by atomic mass is 10.0. The maximum absolute atomic E-state index is 13.1. The van der Waals surface area contributed by atoms with E-state index in [2.05, 4.69) is 4.98 Å². The second-order valence-electron chi connectivity index (χ2n) is 7.21. The minimum Gasteiger partial charge on any atom is -0.493 e. The van der Waals surface area contributed by atoms with Crippen molar-refractivity contribution in [1.82, 2.24) is 9.88 Å². The zero-order valence-electron chi connectivity index (χ0n) is 18.4. The summed E-state index contributed by atoms with van der Waals surface area (Å²) in [6.45, 7) is 7.93. The zero-order chi connectivity index (χ0) is 21.9. The summed E-state index contributed by atoms with van der Waals surface area (Å²) in [5.74, 6) is 0.797. The van der Waals surface area contributed by atoms with Gasteiger partial charge in [0.1, 0.15) is 0 Å². The molecule has 1 heterocycles. The summed E-state index contributed by atoms with van der Waals surface area (Å²) in [6.07, 6.45) is 0. The highest BCUT2D eigenvalue weighted by atomic mass is 16.5. The number of nitrogens with one attached hydrogen (secondary N) is 1. The predicted octanol–water partition coefficient (Wildman–Crippen LogP) is 3.45. The lowest BCUT2D eigenvalue weighted by Crippen LogP contribution is -2.36. The van der Waals surface area contributed by atoms with Crippen LogP contribution in [0.2, 0.25) is 0 Å². The highest BCUT2D eigenvalue weighted by Gasteiger charge is 2.27. The molecule has 0 spiro atoms. The Hall–Kier alpha value is -2.80. The number of hydrogen-bond donors (Lipinski definition) is 1. The van der Waals surface area contributed by atoms with E-state index in [1.54, 1.807) is 28.1 Å². The van der Waals surface area contributed by atoms with Gasteiger partial charge in [-0.1, -0.05) is 0 Å². The highest BCUT2D eigenvalue weighted by Crippen LogP contribution is 2.31. The van der Waals surface area contributed by atoms with Gasteiger partial charge in [-0.05, 0) is 63.6 Å². The van der Waals surface area contributed by atoms with E-state index in [1.807, 2.05) is 37.9 Å². The molecule has 0 saturated carbocycles. The largest absolute Gasteiger partial charge is 0.493 e. The Labute approximate surface area is 172 Å². The molecule has 2 aromatic rings.